The van der Waals surface area contributed by atoms with Crippen molar-refractivity contribution in [3.63, 3.8) is 0 Å². The smallest absolute Gasteiger partial charge is 0.127 e. The molecule has 1 aliphatic rings. The molecule has 2 rings (SSSR count). The fraction of sp³-hybridized carbons (Fsp3) is 0.133. The normalized spacial score (nSPS) is 18.4. The van der Waals surface area contributed by atoms with E-state index in [9.17, 15) is 0 Å². The van der Waals surface area contributed by atoms with E-state index in [0.717, 1.165) is 17.9 Å². The molecule has 4 heteroatoms. The summed E-state index contributed by atoms with van der Waals surface area (Å²) in [4.78, 5) is 6.69. The summed E-state index contributed by atoms with van der Waals surface area (Å²) in [6.45, 7) is 8.26. The summed E-state index contributed by atoms with van der Waals surface area (Å²) in [5.74, 6) is 0.673. The van der Waals surface area contributed by atoms with Gasteiger partial charge in [0, 0.05) is 26.4 Å². The number of fused-ring (bicyclic) bond motifs is 1. The summed E-state index contributed by atoms with van der Waals surface area (Å²) in [5.41, 5.74) is 2.35. The maximum absolute atomic E-state index is 5.73. The lowest BCUT2D eigenvalue weighted by Gasteiger charge is -2.18. The van der Waals surface area contributed by atoms with Gasteiger partial charge in [-0.15, -0.1) is 0 Å². The van der Waals surface area contributed by atoms with Gasteiger partial charge in [0.2, 0.25) is 0 Å². The fourth-order valence-electron chi connectivity index (χ4n) is 2.13. The average Bonchev–Trinajstić information content (AvgIpc) is 2.61. The summed E-state index contributed by atoms with van der Waals surface area (Å²) in [6, 6.07) is 8.20. The summed E-state index contributed by atoms with van der Waals surface area (Å²) in [7, 11) is 7.35. The van der Waals surface area contributed by atoms with Crippen LogP contribution in [0.3, 0.4) is 0 Å². The minimum Gasteiger partial charge on any atom is -0.329 e. The molecule has 1 unspecified atom stereocenters. The van der Waals surface area contributed by atoms with Crippen molar-refractivity contribution in [2.45, 2.75) is 12.5 Å². The SMILES string of the molecule is [B][B]C1N=C(C=C)N(/C=C\C=C)Cc2ccccc21. The lowest BCUT2D eigenvalue weighted by atomic mass is 9.49. The molecule has 19 heavy (non-hydrogen) atoms. The lowest BCUT2D eigenvalue weighted by molar-refractivity contribution is 0.558. The largest absolute Gasteiger partial charge is 0.329 e. The molecule has 91 valence electrons. The van der Waals surface area contributed by atoms with Gasteiger partial charge in [-0.2, -0.15) is 0 Å². The third-order valence-electron chi connectivity index (χ3n) is 3.05. The molecule has 3 radical (unpaired) electrons. The van der Waals surface area contributed by atoms with E-state index in [0.29, 0.717) is 0 Å². The second-order valence-corrected chi connectivity index (χ2v) is 4.23. The minimum absolute atomic E-state index is 0.133. The number of nitrogens with zero attached hydrogens (tertiary/aromatic N) is 2. The number of amidine groups is 1. The monoisotopic (exact) mass is 245 g/mol. The number of aliphatic imine (C=N–C) groups is 1. The van der Waals surface area contributed by atoms with E-state index in [1.54, 1.807) is 19.3 Å². The van der Waals surface area contributed by atoms with Crippen LogP contribution in [0.5, 0.6) is 0 Å². The van der Waals surface area contributed by atoms with Crippen molar-refractivity contribution in [3.8, 4) is 0 Å². The van der Waals surface area contributed by atoms with Crippen molar-refractivity contribution in [1.82, 2.24) is 4.90 Å². The Balaban J connectivity index is 2.47. The zero-order valence-electron chi connectivity index (χ0n) is 10.9. The van der Waals surface area contributed by atoms with Crippen molar-refractivity contribution in [3.05, 3.63) is 73.0 Å². The number of benzene rings is 1. The third kappa shape index (κ3) is 2.90. The summed E-state index contributed by atoms with van der Waals surface area (Å²) in [5, 5.41) is 0. The van der Waals surface area contributed by atoms with Gasteiger partial charge in [0.05, 0.1) is 7.17 Å². The van der Waals surface area contributed by atoms with Gasteiger partial charge in [-0.3, -0.25) is 4.99 Å². The van der Waals surface area contributed by atoms with Gasteiger partial charge < -0.3 is 4.90 Å². The van der Waals surface area contributed by atoms with E-state index in [2.05, 4.69) is 30.3 Å². The Kier molecular flexibility index (Phi) is 4.45. The molecular formula is C15H15B2N2. The molecule has 2 nitrogen and oxygen atoms in total. The molecule has 0 N–H and O–H groups in total. The van der Waals surface area contributed by atoms with Gasteiger partial charge in [0.15, 0.2) is 0 Å². The molecule has 1 atom stereocenters. The first-order valence-corrected chi connectivity index (χ1v) is 6.19. The quantitative estimate of drug-likeness (QED) is 0.587. The van der Waals surface area contributed by atoms with Crippen LogP contribution in [0.15, 0.2) is 66.8 Å². The first-order valence-electron chi connectivity index (χ1n) is 6.19. The van der Waals surface area contributed by atoms with Gasteiger partial charge in [-0.05, 0) is 23.3 Å². The maximum Gasteiger partial charge on any atom is 0.127 e. The van der Waals surface area contributed by atoms with Crippen LogP contribution in [0, 0.1) is 0 Å². The van der Waals surface area contributed by atoms with Gasteiger partial charge >= 0.3 is 0 Å². The third-order valence-corrected chi connectivity index (χ3v) is 3.05. The maximum atomic E-state index is 5.73. The summed E-state index contributed by atoms with van der Waals surface area (Å²) in [6.07, 6.45) is 7.32. The van der Waals surface area contributed by atoms with E-state index in [4.69, 9.17) is 7.74 Å². The van der Waals surface area contributed by atoms with Crippen LogP contribution >= 0.6 is 0 Å². The molecular weight excluding hydrogens is 230 g/mol. The van der Waals surface area contributed by atoms with Gasteiger partial charge in [-0.1, -0.05) is 43.5 Å². The molecule has 1 heterocycles. The Labute approximate surface area is 116 Å². The Morgan fingerprint density at radius 3 is 2.84 bits per heavy atom. The molecule has 1 aromatic carbocycles. The van der Waals surface area contributed by atoms with E-state index in [1.807, 2.05) is 29.3 Å². The number of hydrogen-bond acceptors (Lipinski definition) is 2. The highest BCUT2D eigenvalue weighted by molar-refractivity contribution is 6.90. The topological polar surface area (TPSA) is 15.6 Å². The highest BCUT2D eigenvalue weighted by atomic mass is 15.2. The molecule has 0 saturated carbocycles. The van der Waals surface area contributed by atoms with E-state index in [-0.39, 0.29) is 5.94 Å². The molecule has 0 amide bonds. The van der Waals surface area contributed by atoms with Crippen LogP contribution in [0.1, 0.15) is 17.1 Å². The average molecular weight is 245 g/mol. The lowest BCUT2D eigenvalue weighted by Crippen LogP contribution is -2.22. The first kappa shape index (κ1) is 13.5. The number of allylic oxidation sites excluding steroid dienone is 2. The van der Waals surface area contributed by atoms with E-state index >= 15 is 0 Å². The van der Waals surface area contributed by atoms with E-state index in [1.165, 1.54) is 5.56 Å². The van der Waals surface area contributed by atoms with Gasteiger partial charge in [0.25, 0.3) is 0 Å². The van der Waals surface area contributed by atoms with E-state index < -0.39 is 0 Å². The molecule has 0 aliphatic carbocycles. The predicted octanol–water partition coefficient (Wildman–Crippen LogP) is 2.57. The highest BCUT2D eigenvalue weighted by Crippen LogP contribution is 2.26. The summed E-state index contributed by atoms with van der Waals surface area (Å²) >= 11 is 0. The standard InChI is InChI=1S/C15H15B2N2/c1-3-5-10-19-11-12-8-6-7-9-13(12)15(17-16)18-14(19)4-2/h3-10,15H,1-2,11H2/b10-5-. The summed E-state index contributed by atoms with van der Waals surface area (Å²) < 4.78 is 0. The van der Waals surface area contributed by atoms with Crippen LogP contribution in [-0.2, 0) is 6.54 Å². The Bertz CT molecular complexity index is 535. The minimum atomic E-state index is -0.133. The molecule has 0 spiro atoms. The second kappa shape index (κ2) is 6.28. The number of rotatable bonds is 4. The van der Waals surface area contributed by atoms with Crippen LogP contribution in [0.25, 0.3) is 0 Å². The van der Waals surface area contributed by atoms with Crippen molar-refractivity contribution >= 4 is 20.7 Å². The Hall–Kier alpha value is -1.96. The Morgan fingerprint density at radius 1 is 1.37 bits per heavy atom. The zero-order chi connectivity index (χ0) is 13.7. The Morgan fingerprint density at radius 2 is 2.16 bits per heavy atom. The molecule has 1 aliphatic heterocycles. The highest BCUT2D eigenvalue weighted by Gasteiger charge is 2.19. The van der Waals surface area contributed by atoms with Gasteiger partial charge in [-0.25, -0.2) is 0 Å². The second-order valence-electron chi connectivity index (χ2n) is 4.23. The molecule has 0 bridgehead atoms. The van der Waals surface area contributed by atoms with Crippen LogP contribution in [-0.4, -0.2) is 25.6 Å². The van der Waals surface area contributed by atoms with Crippen LogP contribution < -0.4 is 0 Å². The molecule has 0 saturated heterocycles. The first-order chi connectivity index (χ1) is 9.30. The van der Waals surface area contributed by atoms with Crippen molar-refractivity contribution < 1.29 is 0 Å². The van der Waals surface area contributed by atoms with Crippen molar-refractivity contribution in [2.24, 2.45) is 4.99 Å². The molecule has 0 aromatic heterocycles. The predicted molar refractivity (Wildman–Crippen MR) is 83.2 cm³/mol. The molecule has 1 aromatic rings. The number of hydrogen-bond donors (Lipinski definition) is 0. The van der Waals surface area contributed by atoms with Gasteiger partial charge in [0.1, 0.15) is 5.84 Å². The van der Waals surface area contributed by atoms with Crippen LogP contribution in [0.2, 0.25) is 0 Å². The zero-order valence-corrected chi connectivity index (χ0v) is 10.9. The fourth-order valence-corrected chi connectivity index (χ4v) is 2.13. The van der Waals surface area contributed by atoms with Crippen molar-refractivity contribution in [1.29, 1.82) is 0 Å². The molecule has 0 fully saturated rings. The van der Waals surface area contributed by atoms with Crippen molar-refractivity contribution in [2.75, 3.05) is 0 Å². The van der Waals surface area contributed by atoms with Crippen LogP contribution in [0.4, 0.5) is 0 Å².